The number of pyridine rings is 1. The number of aryl methyl sites for hydroxylation is 1. The van der Waals surface area contributed by atoms with E-state index in [2.05, 4.69) is 66.9 Å². The molecule has 0 saturated carbocycles. The normalized spacial score (nSPS) is 23.8. The lowest BCUT2D eigenvalue weighted by Gasteiger charge is -2.47. The van der Waals surface area contributed by atoms with E-state index in [-0.39, 0.29) is 55.7 Å². The van der Waals surface area contributed by atoms with E-state index in [9.17, 15) is 24.0 Å². The van der Waals surface area contributed by atoms with Crippen molar-refractivity contribution in [1.82, 2.24) is 45.0 Å². The first-order valence-electron chi connectivity index (χ1n) is 24.6. The number of rotatable bonds is 9. The van der Waals surface area contributed by atoms with Crippen molar-refractivity contribution >= 4 is 62.2 Å². The van der Waals surface area contributed by atoms with Crippen molar-refractivity contribution in [3.05, 3.63) is 70.8 Å². The number of fused-ring (bicyclic) bond motifs is 7. The molecule has 4 aliphatic rings. The molecule has 376 valence electrons. The second kappa shape index (κ2) is 20.7. The summed E-state index contributed by atoms with van der Waals surface area (Å²) < 4.78 is 20.4. The average molecular weight is 996 g/mol. The largest absolute Gasteiger partial charge is 0.464 e. The maximum absolute atomic E-state index is 14.9. The SMILES string of the molecule is C=CC(=O)N1CCO[C@@H]2CCN(C(=O)N(C)[C@H](C(=O)N[C@H]3Cc4nc(cs4)-c4ccc5c(c4)c(c(-c4cccnc4[C@H](C)OC)n5CC)CC(C)(C)COC(=O)[C@@]4([SiH3])CCCN(N4)C3=O)C(C)C)C[C@@H]21. The molecule has 0 radical (unpaired) electrons. The summed E-state index contributed by atoms with van der Waals surface area (Å²) in [7, 11) is 3.63. The van der Waals surface area contributed by atoms with Crippen LogP contribution < -0.4 is 10.7 Å². The van der Waals surface area contributed by atoms with Crippen molar-refractivity contribution in [2.75, 3.05) is 53.6 Å². The van der Waals surface area contributed by atoms with Gasteiger partial charge in [0.1, 0.15) is 17.2 Å². The fourth-order valence-corrected chi connectivity index (χ4v) is 12.4. The minimum absolute atomic E-state index is 0.0658. The zero-order valence-electron chi connectivity index (χ0n) is 42.1. The molecule has 5 amide bonds. The van der Waals surface area contributed by atoms with Gasteiger partial charge in [0.05, 0.1) is 53.6 Å². The average Bonchev–Trinajstić information content (AvgIpc) is 3.95. The lowest BCUT2D eigenvalue weighted by atomic mass is 9.84. The number of cyclic esters (lactones) is 1. The Kier molecular flexibility index (Phi) is 15.1. The van der Waals surface area contributed by atoms with Gasteiger partial charge in [-0.1, -0.05) is 40.3 Å². The molecule has 4 aliphatic heterocycles. The molecule has 4 aromatic rings. The number of hydrazine groups is 1. The number of nitrogens with one attached hydrogen (secondary N) is 2. The number of ether oxygens (including phenoxy) is 3. The Hall–Kier alpha value is -5.47. The minimum Gasteiger partial charge on any atom is -0.464 e. The molecule has 3 aromatic heterocycles. The van der Waals surface area contributed by atoms with E-state index >= 15 is 0 Å². The van der Waals surface area contributed by atoms with Crippen molar-refractivity contribution in [3.63, 3.8) is 0 Å². The summed E-state index contributed by atoms with van der Waals surface area (Å²) in [5.74, 6) is -1.89. The number of esters is 1. The van der Waals surface area contributed by atoms with Crippen molar-refractivity contribution in [2.24, 2.45) is 11.3 Å². The van der Waals surface area contributed by atoms with Crippen LogP contribution in [0.15, 0.2) is 54.6 Å². The van der Waals surface area contributed by atoms with Gasteiger partial charge in [0, 0.05) is 103 Å². The van der Waals surface area contributed by atoms with Crippen LogP contribution in [0, 0.1) is 11.3 Å². The molecular formula is C51H69N9O8SSi. The van der Waals surface area contributed by atoms with E-state index in [1.54, 1.807) is 30.2 Å². The molecule has 70 heavy (non-hydrogen) atoms. The van der Waals surface area contributed by atoms with E-state index in [1.807, 2.05) is 32.2 Å². The summed E-state index contributed by atoms with van der Waals surface area (Å²) in [4.78, 5) is 85.8. The number of benzene rings is 1. The number of aromatic nitrogens is 3. The third-order valence-electron chi connectivity index (χ3n) is 14.5. The summed E-state index contributed by atoms with van der Waals surface area (Å²) >= 11 is 1.41. The third-order valence-corrected chi connectivity index (χ3v) is 16.5. The number of hydrogen-bond donors (Lipinski definition) is 2. The molecule has 6 bridgehead atoms. The smallest absolute Gasteiger partial charge is 0.323 e. The number of piperidine rings is 1. The van der Waals surface area contributed by atoms with Gasteiger partial charge in [-0.15, -0.1) is 11.3 Å². The molecule has 17 nitrogen and oxygen atoms in total. The highest BCUT2D eigenvalue weighted by Crippen LogP contribution is 2.42. The first-order valence-corrected chi connectivity index (χ1v) is 26.5. The van der Waals surface area contributed by atoms with E-state index in [0.29, 0.717) is 73.7 Å². The van der Waals surface area contributed by atoms with Crippen LogP contribution in [0.2, 0.25) is 0 Å². The zero-order valence-corrected chi connectivity index (χ0v) is 44.9. The van der Waals surface area contributed by atoms with Crippen LogP contribution in [0.5, 0.6) is 0 Å². The van der Waals surface area contributed by atoms with Gasteiger partial charge in [0.25, 0.3) is 5.91 Å². The molecule has 0 aliphatic carbocycles. The Labute approximate surface area is 417 Å². The quantitative estimate of drug-likeness (QED) is 0.137. The predicted molar refractivity (Wildman–Crippen MR) is 272 cm³/mol. The summed E-state index contributed by atoms with van der Waals surface area (Å²) in [5, 5.41) is 7.09. The van der Waals surface area contributed by atoms with Crippen molar-refractivity contribution in [2.45, 2.75) is 116 Å². The summed E-state index contributed by atoms with van der Waals surface area (Å²) in [5.41, 5.74) is 9.39. The Bertz CT molecular complexity index is 2650. The molecule has 2 N–H and O–H groups in total. The van der Waals surface area contributed by atoms with E-state index in [0.717, 1.165) is 44.7 Å². The Balaban J connectivity index is 1.15. The molecule has 7 heterocycles. The molecule has 0 unspecified atom stereocenters. The number of likely N-dealkylation sites (tertiary alicyclic amines) is 1. The molecule has 3 saturated heterocycles. The molecule has 8 rings (SSSR count). The molecule has 3 fully saturated rings. The number of morpholine rings is 1. The lowest BCUT2D eigenvalue weighted by molar-refractivity contribution is -0.158. The number of methoxy groups -OCH3 is 1. The van der Waals surface area contributed by atoms with Gasteiger partial charge in [-0.2, -0.15) is 0 Å². The van der Waals surface area contributed by atoms with Gasteiger partial charge in [-0.05, 0) is 81.4 Å². The lowest BCUT2D eigenvalue weighted by Crippen LogP contribution is -2.68. The third kappa shape index (κ3) is 10.0. The van der Waals surface area contributed by atoms with Gasteiger partial charge in [0.15, 0.2) is 0 Å². The van der Waals surface area contributed by atoms with Crippen LogP contribution in [0.4, 0.5) is 4.79 Å². The fourth-order valence-electron chi connectivity index (χ4n) is 10.8. The van der Waals surface area contributed by atoms with Crippen LogP contribution in [-0.4, -0.2) is 157 Å². The van der Waals surface area contributed by atoms with Crippen molar-refractivity contribution < 1.29 is 38.2 Å². The molecular weight excluding hydrogens is 927 g/mol. The highest BCUT2D eigenvalue weighted by molar-refractivity contribution is 7.10. The minimum atomic E-state index is -1.10. The number of urea groups is 1. The van der Waals surface area contributed by atoms with Crippen LogP contribution in [0.1, 0.15) is 83.2 Å². The number of thiazole rings is 1. The van der Waals surface area contributed by atoms with Crippen molar-refractivity contribution in [1.29, 1.82) is 0 Å². The molecule has 0 spiro atoms. The highest BCUT2D eigenvalue weighted by Gasteiger charge is 2.45. The first kappa shape index (κ1) is 50.9. The second-order valence-corrected chi connectivity index (χ2v) is 23.1. The van der Waals surface area contributed by atoms with Gasteiger partial charge in [-0.3, -0.25) is 29.2 Å². The zero-order chi connectivity index (χ0) is 50.2. The Morgan fingerprint density at radius 3 is 2.67 bits per heavy atom. The standard InChI is InChI=1S/C51H69N9O8SSi/c1-10-42(61)59-22-23-67-40-17-21-57(27-39(40)59)49(65)56(8)44(30(3)4)46(62)54-36-25-41-53-37(28-69-41)32-15-16-38-34(24-32)35(45(58(38)11-2)33-14-12-19-52-43(33)31(5)66-9)26-50(6,7)29-68-48(64)51(70)18-13-20-60(55-51)47(36)63/h10,12,14-16,19,24,28,30-31,36,39-40,44,55H,1,11,13,17-18,20-23,25-27,29H2,2-9,70H3,(H,54,62)/t31-,36-,39-,40+,44-,51-/m0/s1. The predicted octanol–water partition coefficient (Wildman–Crippen LogP) is 4.46. The van der Waals surface area contributed by atoms with E-state index < -0.39 is 40.4 Å². The van der Waals surface area contributed by atoms with Crippen LogP contribution in [0.25, 0.3) is 33.4 Å². The van der Waals surface area contributed by atoms with Gasteiger partial charge < -0.3 is 38.8 Å². The number of carbonyl (C=O) groups is 5. The van der Waals surface area contributed by atoms with E-state index in [4.69, 9.17) is 24.2 Å². The highest BCUT2D eigenvalue weighted by atomic mass is 32.1. The molecule has 1 aromatic carbocycles. The summed E-state index contributed by atoms with van der Waals surface area (Å²) in [6.45, 7) is 18.3. The second-order valence-electron chi connectivity index (χ2n) is 20.5. The van der Waals surface area contributed by atoms with Crippen LogP contribution in [-0.2, 0) is 52.8 Å². The number of nitrogens with zero attached hydrogens (tertiary/aromatic N) is 7. The van der Waals surface area contributed by atoms with Crippen molar-refractivity contribution in [3.8, 4) is 22.5 Å². The van der Waals surface area contributed by atoms with Gasteiger partial charge >= 0.3 is 12.0 Å². The molecule has 19 heteroatoms. The summed E-state index contributed by atoms with van der Waals surface area (Å²) in [6.07, 6.45) is 4.81. The number of hydrogen-bond acceptors (Lipinski definition) is 12. The van der Waals surface area contributed by atoms with Gasteiger partial charge in [0.2, 0.25) is 11.8 Å². The maximum atomic E-state index is 14.9. The Morgan fingerprint density at radius 1 is 1.16 bits per heavy atom. The number of amides is 5. The summed E-state index contributed by atoms with van der Waals surface area (Å²) in [6, 6.07) is 7.65. The van der Waals surface area contributed by atoms with Crippen LogP contribution >= 0.6 is 11.3 Å². The Morgan fingerprint density at radius 2 is 1.94 bits per heavy atom. The monoisotopic (exact) mass is 995 g/mol. The molecule has 6 atom stereocenters. The first-order chi connectivity index (χ1) is 33.4. The van der Waals surface area contributed by atoms with Gasteiger partial charge in [-0.25, -0.2) is 15.2 Å². The topological polar surface area (TPSA) is 181 Å². The van der Waals surface area contributed by atoms with E-state index in [1.165, 1.54) is 27.3 Å². The maximum Gasteiger partial charge on any atom is 0.323 e. The van der Waals surface area contributed by atoms with Crippen LogP contribution in [0.3, 0.4) is 0 Å². The fraction of sp³-hybridized carbons (Fsp3) is 0.549. The number of carbonyl (C=O) groups excluding carboxylic acids is 5. The number of likely N-dealkylation sites (N-methyl/N-ethyl adjacent to an activating group) is 1.